The number of hydrogen-bond donors (Lipinski definition) is 1. The molecule has 0 radical (unpaired) electrons. The van der Waals surface area contributed by atoms with E-state index in [0.29, 0.717) is 17.5 Å². The second-order valence-corrected chi connectivity index (χ2v) is 20.2. The zero-order valence-corrected chi connectivity index (χ0v) is 20.4. The summed E-state index contributed by atoms with van der Waals surface area (Å²) >= 11 is -0.720. The number of benzene rings is 1. The second-order valence-electron chi connectivity index (χ2n) is 6.17. The zero-order chi connectivity index (χ0) is 20.2. The first kappa shape index (κ1) is 24.7. The van der Waals surface area contributed by atoms with Crippen molar-refractivity contribution in [3.8, 4) is 0 Å². The Morgan fingerprint density at radius 1 is 1.07 bits per heavy atom. The van der Waals surface area contributed by atoms with Gasteiger partial charge in [-0.05, 0) is 0 Å². The molecule has 0 saturated heterocycles. The summed E-state index contributed by atoms with van der Waals surface area (Å²) in [5, 5.41) is 16.7. The molecule has 1 unspecified atom stereocenters. The molecule has 7 nitrogen and oxygen atoms in total. The summed E-state index contributed by atoms with van der Waals surface area (Å²) in [6.45, 7) is 0. The van der Waals surface area contributed by atoms with Crippen LogP contribution in [0.1, 0.15) is 32.1 Å². The number of rotatable bonds is 13. The van der Waals surface area contributed by atoms with Crippen molar-refractivity contribution in [2.24, 2.45) is 0 Å². The van der Waals surface area contributed by atoms with Crippen LogP contribution >= 0.6 is 32.1 Å². The average molecular weight is 530 g/mol. The summed E-state index contributed by atoms with van der Waals surface area (Å²) in [7, 11) is -0.876. The van der Waals surface area contributed by atoms with Crippen LogP contribution in [-0.4, -0.2) is 54.4 Å². The fraction of sp³-hybridized carbons (Fsp3) is 0.625. The van der Waals surface area contributed by atoms with Crippen molar-refractivity contribution in [1.29, 1.82) is 0 Å². The first-order valence-electron chi connectivity index (χ1n) is 8.92. The molecule has 0 spiro atoms. The molecule has 12 heteroatoms. The van der Waals surface area contributed by atoms with Crippen molar-refractivity contribution in [1.82, 2.24) is 0 Å². The van der Waals surface area contributed by atoms with E-state index in [2.05, 4.69) is 39.0 Å². The third kappa shape index (κ3) is 10.4. The van der Waals surface area contributed by atoms with Gasteiger partial charge in [0.15, 0.2) is 0 Å². The first-order valence-corrected chi connectivity index (χ1v) is 18.8. The fourth-order valence-corrected chi connectivity index (χ4v) is 18.1. The van der Waals surface area contributed by atoms with E-state index in [0.717, 1.165) is 23.5 Å². The average Bonchev–Trinajstić information content (AvgIpc) is 2.67. The van der Waals surface area contributed by atoms with Gasteiger partial charge < -0.3 is 0 Å². The van der Waals surface area contributed by atoms with Crippen LogP contribution in [0.4, 0.5) is 5.69 Å². The van der Waals surface area contributed by atoms with Gasteiger partial charge in [0, 0.05) is 0 Å². The number of hydrogen-bond acceptors (Lipinski definition) is 10. The van der Waals surface area contributed by atoms with Crippen molar-refractivity contribution < 1.29 is 27.6 Å². The third-order valence-electron chi connectivity index (χ3n) is 4.05. The van der Waals surface area contributed by atoms with Crippen molar-refractivity contribution in [3.05, 3.63) is 24.3 Å². The van der Waals surface area contributed by atoms with Crippen molar-refractivity contribution in [3.63, 3.8) is 0 Å². The predicted octanol–water partition coefficient (Wildman–Crippen LogP) is 2.01. The van der Waals surface area contributed by atoms with E-state index in [1.807, 2.05) is 0 Å². The van der Waals surface area contributed by atoms with Crippen molar-refractivity contribution in [2.75, 3.05) is 28.3 Å². The van der Waals surface area contributed by atoms with Crippen LogP contribution in [0.3, 0.4) is 0 Å². The van der Waals surface area contributed by atoms with Crippen molar-refractivity contribution in [2.45, 2.75) is 38.1 Å². The summed E-state index contributed by atoms with van der Waals surface area (Å²) in [5.41, 5.74) is 1.11. The van der Waals surface area contributed by atoms with E-state index in [-0.39, 0.29) is 5.75 Å². The number of nitrogens with one attached hydrogen (secondary N) is 1. The zero-order valence-electron chi connectivity index (χ0n) is 15.3. The molecule has 1 aliphatic carbocycles. The van der Waals surface area contributed by atoms with E-state index in [1.165, 1.54) is 36.5 Å². The molecule has 0 bridgehead atoms. The van der Waals surface area contributed by atoms with E-state index >= 15 is 0 Å². The van der Waals surface area contributed by atoms with Crippen LogP contribution < -0.4 is 14.9 Å². The van der Waals surface area contributed by atoms with E-state index < -0.39 is 22.5 Å². The van der Waals surface area contributed by atoms with E-state index in [9.17, 15) is 18.2 Å². The second kappa shape index (κ2) is 13.7. The standard InChI is InChI=1S/C16H26AsNO6S4/c19-23-24-27-11-10-25-17(26-12-13-28(20,21)22)14-6-8-16(9-7-14)18-15-4-2-1-3-5-15/h6-9,15,18-19H,1-5,10-13H2,(H,20,21,22)/p-2. The molecular weight excluding hydrogens is 505 g/mol. The van der Waals surface area contributed by atoms with Crippen LogP contribution in [0, 0.1) is 0 Å². The van der Waals surface area contributed by atoms with Crippen LogP contribution in [0.5, 0.6) is 0 Å². The molecule has 160 valence electrons. The van der Waals surface area contributed by atoms with Crippen LogP contribution in [0.15, 0.2) is 24.3 Å². The Labute approximate surface area is 182 Å². The van der Waals surface area contributed by atoms with E-state index in [4.69, 9.17) is 0 Å². The molecule has 2 rings (SSSR count). The first-order chi connectivity index (χ1) is 13.5. The topological polar surface area (TPSA) is 111 Å². The van der Waals surface area contributed by atoms with Gasteiger partial charge in [0.05, 0.1) is 0 Å². The molecule has 0 heterocycles. The van der Waals surface area contributed by atoms with Gasteiger partial charge in [0.25, 0.3) is 0 Å². The molecule has 1 N–H and O–H groups in total. The Balaban J connectivity index is 1.91. The third-order valence-corrected chi connectivity index (χ3v) is 19.3. The molecule has 0 aliphatic heterocycles. The molecular formula is C16H24AsNO6S4-2. The molecule has 1 atom stereocenters. The Bertz CT molecular complexity index is 658. The normalized spacial score (nSPS) is 16.8. The quantitative estimate of drug-likeness (QED) is 0.102. The molecule has 1 aromatic rings. The van der Waals surface area contributed by atoms with Crippen LogP contribution in [-0.2, 0) is 19.5 Å². The monoisotopic (exact) mass is 529 g/mol. The summed E-state index contributed by atoms with van der Waals surface area (Å²) in [5.74, 6) is 1.27. The Kier molecular flexibility index (Phi) is 12.0. The Hall–Kier alpha value is 0.418. The SMILES string of the molecule is O=S(=O)([O-])CCS[As](SCCSOO[O-])c1ccc(NC2CCCCC2)cc1. The maximum absolute atomic E-state index is 10.9. The van der Waals surface area contributed by atoms with Gasteiger partial charge in [0.1, 0.15) is 0 Å². The molecule has 1 aliphatic rings. The van der Waals surface area contributed by atoms with Gasteiger partial charge in [-0.3, -0.25) is 0 Å². The van der Waals surface area contributed by atoms with E-state index in [1.54, 1.807) is 20.0 Å². The molecule has 1 saturated carbocycles. The van der Waals surface area contributed by atoms with Gasteiger partial charge in [0.2, 0.25) is 0 Å². The van der Waals surface area contributed by atoms with Gasteiger partial charge in [-0.1, -0.05) is 0 Å². The molecule has 0 amide bonds. The molecule has 28 heavy (non-hydrogen) atoms. The Morgan fingerprint density at radius 2 is 1.75 bits per heavy atom. The minimum absolute atomic E-state index is 0.300. The molecule has 1 fully saturated rings. The summed E-state index contributed by atoms with van der Waals surface area (Å²) in [4.78, 5) is 0. The fourth-order valence-electron chi connectivity index (χ4n) is 2.78. The van der Waals surface area contributed by atoms with Gasteiger partial charge in [-0.2, -0.15) is 0 Å². The summed E-state index contributed by atoms with van der Waals surface area (Å²) < 4.78 is 38.1. The molecule has 0 aromatic heterocycles. The Morgan fingerprint density at radius 3 is 2.39 bits per heavy atom. The van der Waals surface area contributed by atoms with Gasteiger partial charge in [-0.15, -0.1) is 0 Å². The minimum atomic E-state index is -4.20. The van der Waals surface area contributed by atoms with Crippen LogP contribution in [0.25, 0.3) is 0 Å². The van der Waals surface area contributed by atoms with Gasteiger partial charge in [-0.25, -0.2) is 0 Å². The predicted molar refractivity (Wildman–Crippen MR) is 116 cm³/mol. The number of anilines is 1. The molecule has 1 aromatic carbocycles. The maximum atomic E-state index is 10.9. The van der Waals surface area contributed by atoms with Crippen molar-refractivity contribution >= 4 is 64.6 Å². The summed E-state index contributed by atoms with van der Waals surface area (Å²) in [6.07, 6.45) is 6.30. The van der Waals surface area contributed by atoms with Gasteiger partial charge >= 0.3 is 183 Å². The summed E-state index contributed by atoms with van der Waals surface area (Å²) in [6, 6.07) is 8.91. The van der Waals surface area contributed by atoms with Crippen LogP contribution in [0.2, 0.25) is 0 Å².